The number of sulfonamides is 1. The number of benzene rings is 1. The van der Waals surface area contributed by atoms with Crippen molar-refractivity contribution >= 4 is 10.0 Å². The molecule has 4 nitrogen and oxygen atoms in total. The van der Waals surface area contributed by atoms with Gasteiger partial charge in [0, 0.05) is 20.1 Å². The topological polar surface area (TPSA) is 63.4 Å². The van der Waals surface area contributed by atoms with Gasteiger partial charge in [0.15, 0.2) is 0 Å². The minimum Gasteiger partial charge on any atom is -0.329 e. The first-order chi connectivity index (χ1) is 7.86. The molecule has 0 saturated heterocycles. The standard InChI is InChI=1S/C12H20N2O2S/c1-10-4-5-11(2)12(8-10)9-14(3)17(15,16)7-6-13/h4-5,8H,6-7,9,13H2,1-3H3. The molecule has 0 atom stereocenters. The summed E-state index contributed by atoms with van der Waals surface area (Å²) in [6.45, 7) is 4.53. The maximum Gasteiger partial charge on any atom is 0.215 e. The molecule has 0 radical (unpaired) electrons. The maximum absolute atomic E-state index is 11.8. The van der Waals surface area contributed by atoms with E-state index in [0.29, 0.717) is 6.54 Å². The van der Waals surface area contributed by atoms with Crippen molar-refractivity contribution in [3.05, 3.63) is 34.9 Å². The Balaban J connectivity index is 2.88. The van der Waals surface area contributed by atoms with Crippen LogP contribution < -0.4 is 5.73 Å². The average molecular weight is 256 g/mol. The second-order valence-corrected chi connectivity index (χ2v) is 6.49. The highest BCUT2D eigenvalue weighted by molar-refractivity contribution is 7.89. The minimum atomic E-state index is -3.23. The molecule has 0 amide bonds. The second kappa shape index (κ2) is 5.62. The molecule has 0 spiro atoms. The van der Waals surface area contributed by atoms with Crippen LogP contribution in [0.1, 0.15) is 16.7 Å². The first-order valence-electron chi connectivity index (χ1n) is 5.57. The predicted molar refractivity (Wildman–Crippen MR) is 70.2 cm³/mol. The van der Waals surface area contributed by atoms with Crippen LogP contribution in [0.4, 0.5) is 0 Å². The largest absolute Gasteiger partial charge is 0.329 e. The van der Waals surface area contributed by atoms with Crippen molar-refractivity contribution in [2.24, 2.45) is 5.73 Å². The molecule has 1 aromatic carbocycles. The summed E-state index contributed by atoms with van der Waals surface area (Å²) >= 11 is 0. The van der Waals surface area contributed by atoms with E-state index in [1.54, 1.807) is 7.05 Å². The van der Waals surface area contributed by atoms with Gasteiger partial charge < -0.3 is 5.73 Å². The van der Waals surface area contributed by atoms with E-state index in [9.17, 15) is 8.42 Å². The Bertz CT molecular complexity index is 483. The molecule has 1 rings (SSSR count). The van der Waals surface area contributed by atoms with Crippen molar-refractivity contribution < 1.29 is 8.42 Å². The van der Waals surface area contributed by atoms with Gasteiger partial charge in [0.05, 0.1) is 5.75 Å². The van der Waals surface area contributed by atoms with Crippen LogP contribution in [0.15, 0.2) is 18.2 Å². The molecule has 0 aromatic heterocycles. The lowest BCUT2D eigenvalue weighted by Gasteiger charge is -2.18. The normalized spacial score (nSPS) is 12.1. The van der Waals surface area contributed by atoms with E-state index in [1.807, 2.05) is 32.0 Å². The van der Waals surface area contributed by atoms with Gasteiger partial charge in [0.1, 0.15) is 0 Å². The zero-order chi connectivity index (χ0) is 13.1. The number of hydrogen-bond donors (Lipinski definition) is 1. The van der Waals surface area contributed by atoms with Gasteiger partial charge in [-0.2, -0.15) is 0 Å². The summed E-state index contributed by atoms with van der Waals surface area (Å²) in [5.41, 5.74) is 8.57. The molecule has 0 aliphatic rings. The molecule has 0 saturated carbocycles. The van der Waals surface area contributed by atoms with E-state index in [2.05, 4.69) is 0 Å². The fourth-order valence-electron chi connectivity index (χ4n) is 1.61. The molecule has 17 heavy (non-hydrogen) atoms. The molecule has 0 bridgehead atoms. The summed E-state index contributed by atoms with van der Waals surface area (Å²) in [5, 5.41) is 0. The summed E-state index contributed by atoms with van der Waals surface area (Å²) in [6.07, 6.45) is 0. The van der Waals surface area contributed by atoms with Crippen LogP contribution in [0.5, 0.6) is 0 Å². The Morgan fingerprint density at radius 1 is 1.29 bits per heavy atom. The zero-order valence-electron chi connectivity index (χ0n) is 10.6. The third-order valence-electron chi connectivity index (χ3n) is 2.75. The van der Waals surface area contributed by atoms with Crippen LogP contribution in [-0.2, 0) is 16.6 Å². The van der Waals surface area contributed by atoms with Crippen molar-refractivity contribution in [1.82, 2.24) is 4.31 Å². The van der Waals surface area contributed by atoms with Crippen LogP contribution in [0.2, 0.25) is 0 Å². The summed E-state index contributed by atoms with van der Waals surface area (Å²) in [4.78, 5) is 0. The van der Waals surface area contributed by atoms with Crippen LogP contribution in [0.3, 0.4) is 0 Å². The highest BCUT2D eigenvalue weighted by Gasteiger charge is 2.17. The van der Waals surface area contributed by atoms with Crippen molar-refractivity contribution in [3.63, 3.8) is 0 Å². The van der Waals surface area contributed by atoms with Gasteiger partial charge >= 0.3 is 0 Å². The van der Waals surface area contributed by atoms with Crippen molar-refractivity contribution in [2.45, 2.75) is 20.4 Å². The molecule has 0 aliphatic carbocycles. The molecule has 0 fully saturated rings. The summed E-state index contributed by atoms with van der Waals surface area (Å²) < 4.78 is 24.9. The van der Waals surface area contributed by atoms with Crippen molar-refractivity contribution in [1.29, 1.82) is 0 Å². The molecular formula is C12H20N2O2S. The molecule has 0 unspecified atom stereocenters. The zero-order valence-corrected chi connectivity index (χ0v) is 11.4. The smallest absolute Gasteiger partial charge is 0.215 e. The SMILES string of the molecule is Cc1ccc(C)c(CN(C)S(=O)(=O)CCN)c1. The van der Waals surface area contributed by atoms with Crippen molar-refractivity contribution in [2.75, 3.05) is 19.3 Å². The summed E-state index contributed by atoms with van der Waals surface area (Å²) in [7, 11) is -1.64. The molecule has 96 valence electrons. The molecule has 1 aromatic rings. The molecule has 0 heterocycles. The number of aryl methyl sites for hydroxylation is 2. The maximum atomic E-state index is 11.8. The van der Waals surface area contributed by atoms with Gasteiger partial charge in [0.2, 0.25) is 10.0 Å². The monoisotopic (exact) mass is 256 g/mol. The molecule has 0 aliphatic heterocycles. The summed E-state index contributed by atoms with van der Waals surface area (Å²) in [6, 6.07) is 6.05. The number of hydrogen-bond acceptors (Lipinski definition) is 3. The van der Waals surface area contributed by atoms with Gasteiger partial charge in [-0.15, -0.1) is 0 Å². The second-order valence-electron chi connectivity index (χ2n) is 4.29. The Labute approximate surface area is 103 Å². The summed E-state index contributed by atoms with van der Waals surface area (Å²) in [5.74, 6) is -0.00559. The third-order valence-corrected chi connectivity index (χ3v) is 4.58. The van der Waals surface area contributed by atoms with Crippen LogP contribution in [0.25, 0.3) is 0 Å². The Kier molecular flexibility index (Phi) is 4.68. The van der Waals surface area contributed by atoms with E-state index in [1.165, 1.54) is 4.31 Å². The quantitative estimate of drug-likeness (QED) is 0.855. The van der Waals surface area contributed by atoms with E-state index in [-0.39, 0.29) is 12.3 Å². The van der Waals surface area contributed by atoms with Crippen LogP contribution >= 0.6 is 0 Å². The van der Waals surface area contributed by atoms with E-state index >= 15 is 0 Å². The van der Waals surface area contributed by atoms with E-state index in [4.69, 9.17) is 5.73 Å². The molecule has 5 heteroatoms. The Morgan fingerprint density at radius 3 is 2.53 bits per heavy atom. The van der Waals surface area contributed by atoms with Crippen LogP contribution in [-0.4, -0.2) is 32.1 Å². The van der Waals surface area contributed by atoms with Crippen molar-refractivity contribution in [3.8, 4) is 0 Å². The van der Waals surface area contributed by atoms with Gasteiger partial charge in [-0.25, -0.2) is 12.7 Å². The Morgan fingerprint density at radius 2 is 1.94 bits per heavy atom. The number of nitrogens with two attached hydrogens (primary N) is 1. The lowest BCUT2D eigenvalue weighted by molar-refractivity contribution is 0.466. The van der Waals surface area contributed by atoms with Crippen LogP contribution in [0, 0.1) is 13.8 Å². The lowest BCUT2D eigenvalue weighted by atomic mass is 10.1. The van der Waals surface area contributed by atoms with Gasteiger partial charge in [-0.05, 0) is 25.0 Å². The first-order valence-corrected chi connectivity index (χ1v) is 7.18. The molecule has 2 N–H and O–H groups in total. The lowest BCUT2D eigenvalue weighted by Crippen LogP contribution is -2.31. The van der Waals surface area contributed by atoms with Gasteiger partial charge in [0.25, 0.3) is 0 Å². The Hall–Kier alpha value is -0.910. The van der Waals surface area contributed by atoms with E-state index < -0.39 is 10.0 Å². The fraction of sp³-hybridized carbons (Fsp3) is 0.500. The third kappa shape index (κ3) is 3.80. The first kappa shape index (κ1) is 14.2. The number of rotatable bonds is 5. The number of nitrogens with zero attached hydrogens (tertiary/aromatic N) is 1. The average Bonchev–Trinajstić information content (AvgIpc) is 2.23. The minimum absolute atomic E-state index is 0.00559. The highest BCUT2D eigenvalue weighted by Crippen LogP contribution is 2.14. The highest BCUT2D eigenvalue weighted by atomic mass is 32.2. The fourth-order valence-corrected chi connectivity index (χ4v) is 2.56. The van der Waals surface area contributed by atoms with Gasteiger partial charge in [-0.1, -0.05) is 23.8 Å². The predicted octanol–water partition coefficient (Wildman–Crippen LogP) is 1.02. The molecular weight excluding hydrogens is 236 g/mol. The van der Waals surface area contributed by atoms with Gasteiger partial charge in [-0.3, -0.25) is 0 Å². The van der Waals surface area contributed by atoms with E-state index in [0.717, 1.165) is 16.7 Å².